The molecule has 0 spiro atoms. The van der Waals surface area contributed by atoms with Crippen LogP contribution < -0.4 is 0 Å². The summed E-state index contributed by atoms with van der Waals surface area (Å²) in [6.45, 7) is 0.627. The summed E-state index contributed by atoms with van der Waals surface area (Å²) in [6.07, 6.45) is 2.24. The van der Waals surface area contributed by atoms with Crippen molar-refractivity contribution in [2.45, 2.75) is 78.7 Å². The minimum Gasteiger partial charge on any atom is -0.464 e. The number of alkyl halides is 4. The highest BCUT2D eigenvalue weighted by Crippen LogP contribution is 2.28. The number of hydrogen-bond acceptors (Lipinski definition) is 14. The fraction of sp³-hybridized carbons (Fsp3) is 0.658. The molecule has 0 atom stereocenters. The van der Waals surface area contributed by atoms with E-state index in [-0.39, 0.29) is 32.3 Å². The number of carbonyl (C=O) groups is 7. The van der Waals surface area contributed by atoms with Crippen molar-refractivity contribution < 1.29 is 66.7 Å². The van der Waals surface area contributed by atoms with E-state index in [1.54, 1.807) is 30.3 Å². The number of halogens is 4. The van der Waals surface area contributed by atoms with Crippen molar-refractivity contribution in [3.05, 3.63) is 35.9 Å². The van der Waals surface area contributed by atoms with E-state index in [1.165, 1.54) is 20.8 Å². The molecule has 0 saturated carbocycles. The highest BCUT2D eigenvalue weighted by molar-refractivity contribution is 9.09. The molecule has 14 nitrogen and oxygen atoms in total. The lowest BCUT2D eigenvalue weighted by Crippen LogP contribution is -2.46. The Kier molecular flexibility index (Phi) is 25.7. The van der Waals surface area contributed by atoms with Crippen molar-refractivity contribution in [1.82, 2.24) is 0 Å². The number of ether oxygens (including phenoxy) is 7. The van der Waals surface area contributed by atoms with E-state index in [0.29, 0.717) is 52.6 Å². The number of rotatable bonds is 29. The predicted molar refractivity (Wildman–Crippen MR) is 218 cm³/mol. The molecule has 0 aromatic heterocycles. The SMILES string of the molecule is CC(COC(=O)CCCBr)(COC(=O)CCCBr)C(=O)OCC(C)(COC(=O)C(C)(COC(=O)CCCBr)COC(=O)CCCBr)C(=O)OCc1ccccc1. The van der Waals surface area contributed by atoms with E-state index >= 15 is 0 Å². The minimum atomic E-state index is -1.82. The van der Waals surface area contributed by atoms with Crippen molar-refractivity contribution in [1.29, 1.82) is 0 Å². The van der Waals surface area contributed by atoms with Crippen LogP contribution in [0.4, 0.5) is 0 Å². The summed E-state index contributed by atoms with van der Waals surface area (Å²) in [5, 5.41) is 2.22. The molecule has 0 amide bonds. The van der Waals surface area contributed by atoms with Gasteiger partial charge in [0.05, 0.1) is 0 Å². The normalized spacial score (nSPS) is 11.6. The highest BCUT2D eigenvalue weighted by Gasteiger charge is 2.45. The summed E-state index contributed by atoms with van der Waals surface area (Å²) >= 11 is 13.0. The Labute approximate surface area is 362 Å². The van der Waals surface area contributed by atoms with E-state index in [9.17, 15) is 33.6 Å². The van der Waals surface area contributed by atoms with Crippen LogP contribution in [0.5, 0.6) is 0 Å². The zero-order chi connectivity index (χ0) is 42.0. The van der Waals surface area contributed by atoms with Crippen LogP contribution in [-0.4, -0.2) is 103 Å². The average Bonchev–Trinajstić information content (AvgIpc) is 3.20. The van der Waals surface area contributed by atoms with Crippen LogP contribution in [0.25, 0.3) is 0 Å². The molecule has 56 heavy (non-hydrogen) atoms. The summed E-state index contributed by atoms with van der Waals surface area (Å²) in [5.41, 5.74) is -4.53. The minimum absolute atomic E-state index is 0.0725. The second kappa shape index (κ2) is 28.0. The molecular weight excluding hydrogens is 1000 g/mol. The molecule has 1 rings (SSSR count). The standard InChI is InChI=1S/C38H52Br4O14/c1-36(22-51-29(43)13-7-17-39,23-52-30(44)14-8-18-40)34(48)55-26-38(3,33(47)50-21-28-11-5-4-6-12-28)27-56-35(49)37(2,24-53-31(45)15-9-19-41)25-54-32(46)16-10-20-42/h4-6,11-12H,7-10,13-27H2,1-3H3. The zero-order valence-corrected chi connectivity index (χ0v) is 38.4. The molecule has 0 N–H and O–H groups in total. The van der Waals surface area contributed by atoms with Crippen molar-refractivity contribution in [2.75, 3.05) is 61.0 Å². The van der Waals surface area contributed by atoms with Gasteiger partial charge in [0.2, 0.25) is 0 Å². The van der Waals surface area contributed by atoms with Gasteiger partial charge in [0.25, 0.3) is 0 Å². The van der Waals surface area contributed by atoms with Crippen LogP contribution in [0.2, 0.25) is 0 Å². The van der Waals surface area contributed by atoms with Crippen LogP contribution in [-0.2, 0) is 73.3 Å². The number of hydrogen-bond donors (Lipinski definition) is 0. The zero-order valence-electron chi connectivity index (χ0n) is 32.0. The van der Waals surface area contributed by atoms with Gasteiger partial charge in [-0.05, 0) is 52.0 Å². The summed E-state index contributed by atoms with van der Waals surface area (Å²) in [7, 11) is 0. The number of esters is 7. The monoisotopic (exact) mass is 1050 g/mol. The Morgan fingerprint density at radius 1 is 0.429 bits per heavy atom. The quantitative estimate of drug-likeness (QED) is 0.0469. The topological polar surface area (TPSA) is 184 Å². The molecule has 316 valence electrons. The van der Waals surface area contributed by atoms with Crippen LogP contribution in [0.3, 0.4) is 0 Å². The Balaban J connectivity index is 3.34. The van der Waals surface area contributed by atoms with Crippen LogP contribution in [0.15, 0.2) is 30.3 Å². The molecule has 0 heterocycles. The van der Waals surface area contributed by atoms with Gasteiger partial charge in [-0.1, -0.05) is 94.1 Å². The first-order valence-electron chi connectivity index (χ1n) is 18.0. The van der Waals surface area contributed by atoms with E-state index in [0.717, 1.165) is 0 Å². The average molecular weight is 1050 g/mol. The van der Waals surface area contributed by atoms with Crippen molar-refractivity contribution in [3.8, 4) is 0 Å². The van der Waals surface area contributed by atoms with E-state index in [2.05, 4.69) is 63.7 Å². The second-order valence-corrected chi connectivity index (χ2v) is 16.9. The lowest BCUT2D eigenvalue weighted by atomic mass is 9.90. The van der Waals surface area contributed by atoms with Gasteiger partial charge in [0.15, 0.2) is 0 Å². The van der Waals surface area contributed by atoms with Gasteiger partial charge in [0.1, 0.15) is 62.5 Å². The maximum absolute atomic E-state index is 13.7. The fourth-order valence-corrected chi connectivity index (χ4v) is 5.39. The van der Waals surface area contributed by atoms with Gasteiger partial charge in [-0.25, -0.2) is 0 Å². The molecule has 0 fully saturated rings. The smallest absolute Gasteiger partial charge is 0.319 e. The van der Waals surface area contributed by atoms with E-state index < -0.39 is 97.7 Å². The molecule has 0 bridgehead atoms. The van der Waals surface area contributed by atoms with Crippen LogP contribution >= 0.6 is 63.7 Å². The molecule has 0 radical (unpaired) electrons. The van der Waals surface area contributed by atoms with E-state index in [1.807, 2.05) is 0 Å². The summed E-state index contributed by atoms with van der Waals surface area (Å²) < 4.78 is 38.3. The molecule has 0 aliphatic heterocycles. The molecule has 0 aliphatic rings. The van der Waals surface area contributed by atoms with Crippen LogP contribution in [0, 0.1) is 16.2 Å². The number of benzene rings is 1. The first-order valence-corrected chi connectivity index (χ1v) is 22.5. The summed E-state index contributed by atoms with van der Waals surface area (Å²) in [6, 6.07) is 8.77. The molecule has 0 unspecified atom stereocenters. The third-order valence-corrected chi connectivity index (χ3v) is 10.2. The van der Waals surface area contributed by atoms with Crippen molar-refractivity contribution in [2.24, 2.45) is 16.2 Å². The largest absolute Gasteiger partial charge is 0.464 e. The fourth-order valence-electron chi connectivity index (χ4n) is 4.27. The molecule has 0 saturated heterocycles. The Bertz CT molecular complexity index is 1290. The van der Waals surface area contributed by atoms with Gasteiger partial charge in [0, 0.05) is 47.0 Å². The van der Waals surface area contributed by atoms with Crippen molar-refractivity contribution >= 4 is 106 Å². The summed E-state index contributed by atoms with van der Waals surface area (Å²) in [4.78, 5) is 90.6. The van der Waals surface area contributed by atoms with Gasteiger partial charge < -0.3 is 33.2 Å². The molecular formula is C38H52Br4O14. The highest BCUT2D eigenvalue weighted by atomic mass is 79.9. The molecule has 18 heteroatoms. The third-order valence-electron chi connectivity index (χ3n) is 8.00. The Hall–Kier alpha value is -2.57. The molecule has 0 aliphatic carbocycles. The molecule has 1 aromatic carbocycles. The second-order valence-electron chi connectivity index (χ2n) is 13.7. The van der Waals surface area contributed by atoms with E-state index in [4.69, 9.17) is 33.2 Å². The maximum Gasteiger partial charge on any atom is 0.319 e. The predicted octanol–water partition coefficient (Wildman–Crippen LogP) is 6.71. The van der Waals surface area contributed by atoms with Gasteiger partial charge in [-0.15, -0.1) is 0 Å². The maximum atomic E-state index is 13.7. The molecule has 1 aromatic rings. The van der Waals surface area contributed by atoms with Crippen LogP contribution in [0.1, 0.15) is 77.7 Å². The summed E-state index contributed by atoms with van der Waals surface area (Å²) in [5.74, 6) is -5.16. The number of carbonyl (C=O) groups excluding carboxylic acids is 7. The Morgan fingerprint density at radius 2 is 0.696 bits per heavy atom. The first kappa shape index (κ1) is 51.4. The Morgan fingerprint density at radius 3 is 0.982 bits per heavy atom. The first-order chi connectivity index (χ1) is 26.6. The van der Waals surface area contributed by atoms with Crippen molar-refractivity contribution in [3.63, 3.8) is 0 Å². The van der Waals surface area contributed by atoms with Gasteiger partial charge >= 0.3 is 41.8 Å². The third kappa shape index (κ3) is 20.2. The lowest BCUT2D eigenvalue weighted by Gasteiger charge is -2.32. The van der Waals surface area contributed by atoms with Gasteiger partial charge in [-0.3, -0.25) is 33.6 Å². The lowest BCUT2D eigenvalue weighted by molar-refractivity contribution is -0.182. The van der Waals surface area contributed by atoms with Gasteiger partial charge in [-0.2, -0.15) is 0 Å².